The van der Waals surface area contributed by atoms with Crippen molar-refractivity contribution >= 4 is 17.2 Å². The number of benzene rings is 1. The van der Waals surface area contributed by atoms with Crippen LogP contribution in [0.3, 0.4) is 0 Å². The molecule has 2 aromatic rings. The Morgan fingerprint density at radius 2 is 2.05 bits per heavy atom. The Labute approximate surface area is 122 Å². The summed E-state index contributed by atoms with van der Waals surface area (Å²) >= 11 is 1.68. The lowest BCUT2D eigenvalue weighted by Crippen LogP contribution is -2.28. The Hall–Kier alpha value is -1.65. The molecule has 0 saturated carbocycles. The lowest BCUT2D eigenvalue weighted by Gasteiger charge is -2.16. The number of nitrogens with one attached hydrogen (secondary N) is 2. The maximum Gasteiger partial charge on any atom is 0.251 e. The summed E-state index contributed by atoms with van der Waals surface area (Å²) in [4.78, 5) is 12.3. The zero-order chi connectivity index (χ0) is 13.5. The van der Waals surface area contributed by atoms with Crippen molar-refractivity contribution in [2.45, 2.75) is 5.92 Å². The van der Waals surface area contributed by atoms with E-state index in [0.717, 1.165) is 30.8 Å². The SMILES string of the molecule is O=C1NC[C@H]2CNC[C@@H]2c2ccc(-c3ccsc3)cc21. The molecule has 1 aromatic heterocycles. The summed E-state index contributed by atoms with van der Waals surface area (Å²) in [6, 6.07) is 8.45. The van der Waals surface area contributed by atoms with E-state index in [2.05, 4.69) is 39.6 Å². The number of hydrogen-bond donors (Lipinski definition) is 2. The minimum atomic E-state index is 0.0754. The Kier molecular flexibility index (Phi) is 2.86. The minimum absolute atomic E-state index is 0.0754. The van der Waals surface area contributed by atoms with Gasteiger partial charge in [-0.1, -0.05) is 12.1 Å². The number of thiophene rings is 1. The number of carbonyl (C=O) groups excluding carboxylic acids is 1. The fourth-order valence-corrected chi connectivity index (χ4v) is 3.98. The van der Waals surface area contributed by atoms with E-state index in [1.807, 2.05) is 6.07 Å². The summed E-state index contributed by atoms with van der Waals surface area (Å²) < 4.78 is 0. The van der Waals surface area contributed by atoms with Crippen LogP contribution < -0.4 is 10.6 Å². The second-order valence-corrected chi connectivity index (χ2v) is 6.33. The third-order valence-corrected chi connectivity index (χ3v) is 5.10. The molecule has 102 valence electrons. The molecule has 4 rings (SSSR count). The van der Waals surface area contributed by atoms with Crippen LogP contribution >= 0.6 is 11.3 Å². The van der Waals surface area contributed by atoms with E-state index < -0.39 is 0 Å². The molecule has 0 bridgehead atoms. The second kappa shape index (κ2) is 4.72. The number of rotatable bonds is 1. The summed E-state index contributed by atoms with van der Waals surface area (Å²) in [6.07, 6.45) is 0. The van der Waals surface area contributed by atoms with Gasteiger partial charge in [-0.25, -0.2) is 0 Å². The van der Waals surface area contributed by atoms with E-state index in [1.165, 1.54) is 11.1 Å². The van der Waals surface area contributed by atoms with Crippen LogP contribution in [-0.2, 0) is 0 Å². The van der Waals surface area contributed by atoms with Crippen molar-refractivity contribution in [2.24, 2.45) is 5.92 Å². The van der Waals surface area contributed by atoms with Crippen molar-refractivity contribution in [3.8, 4) is 11.1 Å². The van der Waals surface area contributed by atoms with Gasteiger partial charge in [0.05, 0.1) is 0 Å². The van der Waals surface area contributed by atoms with E-state index in [9.17, 15) is 4.79 Å². The molecular weight excluding hydrogens is 268 g/mol. The second-order valence-electron chi connectivity index (χ2n) is 5.55. The van der Waals surface area contributed by atoms with Crippen molar-refractivity contribution in [3.05, 3.63) is 46.2 Å². The molecule has 2 atom stereocenters. The molecule has 3 nitrogen and oxygen atoms in total. The van der Waals surface area contributed by atoms with Crippen molar-refractivity contribution in [3.63, 3.8) is 0 Å². The molecule has 0 aliphatic carbocycles. The van der Waals surface area contributed by atoms with Crippen LogP contribution in [0.2, 0.25) is 0 Å². The van der Waals surface area contributed by atoms with Crippen LogP contribution in [0.25, 0.3) is 11.1 Å². The molecule has 3 heterocycles. The van der Waals surface area contributed by atoms with Gasteiger partial charge in [0.1, 0.15) is 0 Å². The van der Waals surface area contributed by atoms with Crippen LogP contribution in [0.1, 0.15) is 21.8 Å². The molecule has 20 heavy (non-hydrogen) atoms. The fourth-order valence-electron chi connectivity index (χ4n) is 3.32. The topological polar surface area (TPSA) is 41.1 Å². The third-order valence-electron chi connectivity index (χ3n) is 4.42. The predicted octanol–water partition coefficient (Wildman–Crippen LogP) is 2.46. The lowest BCUT2D eigenvalue weighted by molar-refractivity contribution is 0.0952. The molecule has 1 saturated heterocycles. The molecule has 0 radical (unpaired) electrons. The fraction of sp³-hybridized carbons (Fsp3) is 0.312. The largest absolute Gasteiger partial charge is 0.352 e. The van der Waals surface area contributed by atoms with Crippen molar-refractivity contribution in [2.75, 3.05) is 19.6 Å². The van der Waals surface area contributed by atoms with Crippen LogP contribution in [-0.4, -0.2) is 25.5 Å². The van der Waals surface area contributed by atoms with Crippen molar-refractivity contribution in [1.82, 2.24) is 10.6 Å². The molecule has 2 N–H and O–H groups in total. The summed E-state index contributed by atoms with van der Waals surface area (Å²) in [5, 5.41) is 10.7. The van der Waals surface area contributed by atoms with E-state index in [4.69, 9.17) is 0 Å². The highest BCUT2D eigenvalue weighted by Gasteiger charge is 2.34. The standard InChI is InChI=1S/C16H16N2OS/c19-16-14-5-10(11-3-4-20-9-11)1-2-13(14)15-8-17-6-12(15)7-18-16/h1-5,9,12,15,17H,6-8H2,(H,18,19)/t12-,15+/m1/s1. The van der Waals surface area contributed by atoms with Crippen LogP contribution in [0.4, 0.5) is 0 Å². The van der Waals surface area contributed by atoms with Crippen LogP contribution in [0, 0.1) is 5.92 Å². The number of hydrogen-bond acceptors (Lipinski definition) is 3. The molecule has 2 aliphatic rings. The van der Waals surface area contributed by atoms with Crippen molar-refractivity contribution < 1.29 is 4.79 Å². The number of amides is 1. The molecular formula is C16H16N2OS. The monoisotopic (exact) mass is 284 g/mol. The van der Waals surface area contributed by atoms with Crippen LogP contribution in [0.5, 0.6) is 0 Å². The highest BCUT2D eigenvalue weighted by atomic mass is 32.1. The maximum atomic E-state index is 12.3. The van der Waals surface area contributed by atoms with E-state index in [1.54, 1.807) is 11.3 Å². The van der Waals surface area contributed by atoms with Gasteiger partial charge in [0.15, 0.2) is 0 Å². The maximum absolute atomic E-state index is 12.3. The first-order valence-corrected chi connectivity index (χ1v) is 7.92. The quantitative estimate of drug-likeness (QED) is 0.844. The van der Waals surface area contributed by atoms with Gasteiger partial charge >= 0.3 is 0 Å². The summed E-state index contributed by atoms with van der Waals surface area (Å²) in [5.41, 5.74) is 4.37. The normalized spacial score (nSPS) is 24.7. The first-order chi connectivity index (χ1) is 9.83. The first kappa shape index (κ1) is 12.1. The van der Waals surface area contributed by atoms with Gasteiger partial charge in [-0.3, -0.25) is 4.79 Å². The lowest BCUT2D eigenvalue weighted by atomic mass is 9.86. The van der Waals surface area contributed by atoms with Gasteiger partial charge in [-0.05, 0) is 45.5 Å². The predicted molar refractivity (Wildman–Crippen MR) is 81.2 cm³/mol. The van der Waals surface area contributed by atoms with E-state index in [-0.39, 0.29) is 5.91 Å². The highest BCUT2D eigenvalue weighted by molar-refractivity contribution is 7.08. The summed E-state index contributed by atoms with van der Waals surface area (Å²) in [5.74, 6) is 1.05. The molecule has 1 fully saturated rings. The van der Waals surface area contributed by atoms with Gasteiger partial charge in [-0.2, -0.15) is 11.3 Å². The van der Waals surface area contributed by atoms with Gasteiger partial charge in [-0.15, -0.1) is 0 Å². The number of fused-ring (bicyclic) bond motifs is 3. The molecule has 4 heteroatoms. The van der Waals surface area contributed by atoms with Gasteiger partial charge in [0.2, 0.25) is 0 Å². The molecule has 1 aromatic carbocycles. The van der Waals surface area contributed by atoms with Gasteiger partial charge in [0.25, 0.3) is 5.91 Å². The Morgan fingerprint density at radius 3 is 2.90 bits per heavy atom. The van der Waals surface area contributed by atoms with Gasteiger partial charge < -0.3 is 10.6 Å². The minimum Gasteiger partial charge on any atom is -0.352 e. The molecule has 2 aliphatic heterocycles. The Morgan fingerprint density at radius 1 is 1.10 bits per heavy atom. The summed E-state index contributed by atoms with van der Waals surface area (Å²) in [7, 11) is 0. The van der Waals surface area contributed by atoms with E-state index >= 15 is 0 Å². The molecule has 0 unspecified atom stereocenters. The average Bonchev–Trinajstić information content (AvgIpc) is 3.13. The highest BCUT2D eigenvalue weighted by Crippen LogP contribution is 2.34. The zero-order valence-corrected chi connectivity index (χ0v) is 11.9. The smallest absolute Gasteiger partial charge is 0.251 e. The Balaban J connectivity index is 1.83. The third kappa shape index (κ3) is 1.87. The summed E-state index contributed by atoms with van der Waals surface area (Å²) in [6.45, 7) is 2.75. The first-order valence-electron chi connectivity index (χ1n) is 6.98. The van der Waals surface area contributed by atoms with Gasteiger partial charge in [0, 0.05) is 31.1 Å². The van der Waals surface area contributed by atoms with Crippen LogP contribution in [0.15, 0.2) is 35.0 Å². The van der Waals surface area contributed by atoms with Crippen molar-refractivity contribution in [1.29, 1.82) is 0 Å². The zero-order valence-electron chi connectivity index (χ0n) is 11.1. The molecule has 1 amide bonds. The average molecular weight is 284 g/mol. The number of carbonyl (C=O) groups is 1. The molecule has 0 spiro atoms. The van der Waals surface area contributed by atoms with E-state index in [0.29, 0.717) is 11.8 Å². The Bertz CT molecular complexity index is 651.